The molecular weight excluding hydrogens is 446 g/mol. The number of aliphatic hydroxyl groups is 1. The van der Waals surface area contributed by atoms with Crippen molar-refractivity contribution in [1.82, 2.24) is 10.2 Å². The largest absolute Gasteiger partial charge is 0.497 e. The number of aliphatic hydroxyl groups excluding tert-OH is 1. The molecule has 0 fully saturated rings. The summed E-state index contributed by atoms with van der Waals surface area (Å²) < 4.78 is 10.7. The van der Waals surface area contributed by atoms with Crippen molar-refractivity contribution in [2.24, 2.45) is 11.7 Å². The first-order chi connectivity index (χ1) is 16.7. The lowest BCUT2D eigenvalue weighted by molar-refractivity contribution is -0.143. The molecule has 8 heteroatoms. The van der Waals surface area contributed by atoms with Gasteiger partial charge in [-0.1, -0.05) is 51.1 Å². The first-order valence-corrected chi connectivity index (χ1v) is 12.0. The Morgan fingerprint density at radius 1 is 1.00 bits per heavy atom. The number of ether oxygens (including phenoxy) is 2. The molecule has 0 aromatic heterocycles. The number of nitrogens with two attached hydrogens (primary N) is 1. The van der Waals surface area contributed by atoms with Crippen LogP contribution in [0.1, 0.15) is 44.7 Å². The number of hydrogen-bond donors (Lipinski definition) is 3. The van der Waals surface area contributed by atoms with Gasteiger partial charge in [0, 0.05) is 19.2 Å². The fraction of sp³-hybridized carbons (Fsp3) is 0.481. The number of nitrogens with one attached hydrogen (secondary N) is 1. The quantitative estimate of drug-likeness (QED) is 0.402. The van der Waals surface area contributed by atoms with Gasteiger partial charge in [0.1, 0.15) is 11.5 Å². The zero-order valence-electron chi connectivity index (χ0n) is 21.4. The van der Waals surface area contributed by atoms with Crippen molar-refractivity contribution in [2.75, 3.05) is 14.2 Å². The van der Waals surface area contributed by atoms with Crippen molar-refractivity contribution in [3.63, 3.8) is 0 Å². The van der Waals surface area contributed by atoms with Crippen LogP contribution < -0.4 is 20.5 Å². The molecule has 0 heterocycles. The third-order valence-electron chi connectivity index (χ3n) is 5.78. The van der Waals surface area contributed by atoms with Crippen LogP contribution in [0.25, 0.3) is 0 Å². The summed E-state index contributed by atoms with van der Waals surface area (Å²) in [5.41, 5.74) is 7.71. The molecule has 0 bridgehead atoms. The molecule has 4 N–H and O–H groups in total. The lowest BCUT2D eigenvalue weighted by Crippen LogP contribution is -2.54. The Balaban J connectivity index is 2.27. The number of nitrogens with zero attached hydrogens (tertiary/aromatic N) is 1. The van der Waals surface area contributed by atoms with Gasteiger partial charge >= 0.3 is 0 Å². The molecule has 192 valence electrons. The Morgan fingerprint density at radius 2 is 1.57 bits per heavy atom. The van der Waals surface area contributed by atoms with Crippen molar-refractivity contribution < 1.29 is 24.2 Å². The number of hydrogen-bond acceptors (Lipinski definition) is 6. The normalized spacial score (nSPS) is 13.6. The van der Waals surface area contributed by atoms with Gasteiger partial charge in [-0.3, -0.25) is 9.59 Å². The molecule has 3 atom stereocenters. The number of carbonyl (C=O) groups excluding carboxylic acids is 2. The average molecular weight is 486 g/mol. The summed E-state index contributed by atoms with van der Waals surface area (Å²) in [5.74, 6) is 0.600. The maximum atomic E-state index is 13.5. The van der Waals surface area contributed by atoms with Gasteiger partial charge in [0.25, 0.3) is 5.91 Å². The fourth-order valence-corrected chi connectivity index (χ4v) is 3.86. The predicted molar refractivity (Wildman–Crippen MR) is 136 cm³/mol. The second kappa shape index (κ2) is 13.7. The van der Waals surface area contributed by atoms with Gasteiger partial charge in [-0.05, 0) is 42.0 Å². The maximum Gasteiger partial charge on any atom is 0.254 e. The Morgan fingerprint density at radius 3 is 2.09 bits per heavy atom. The standard InChI is InChI=1S/C27H39N3O5/c1-6-24(29-26(32)23(28)12-18(2)3)25(31)27(33)30(16-19-10-8-7-9-11-19)17-20-13-21(34-4)15-22(14-20)35-5/h7-11,13-15,18,23-25,31H,6,12,16-17,28H2,1-5H3,(H,29,32)/t23-,24?,25?/m0/s1. The summed E-state index contributed by atoms with van der Waals surface area (Å²) in [6.45, 7) is 6.28. The van der Waals surface area contributed by atoms with E-state index < -0.39 is 24.1 Å². The summed E-state index contributed by atoms with van der Waals surface area (Å²) in [5, 5.41) is 13.8. The number of amides is 2. The van der Waals surface area contributed by atoms with Gasteiger partial charge in [-0.2, -0.15) is 0 Å². The van der Waals surface area contributed by atoms with Crippen LogP contribution in [-0.4, -0.2) is 54.2 Å². The van der Waals surface area contributed by atoms with Gasteiger partial charge in [-0.15, -0.1) is 0 Å². The van der Waals surface area contributed by atoms with Crippen molar-refractivity contribution >= 4 is 11.8 Å². The molecule has 0 saturated carbocycles. The monoisotopic (exact) mass is 485 g/mol. The Labute approximate surface area is 208 Å². The average Bonchev–Trinajstić information content (AvgIpc) is 2.85. The zero-order chi connectivity index (χ0) is 26.0. The fourth-order valence-electron chi connectivity index (χ4n) is 3.86. The number of methoxy groups -OCH3 is 2. The molecule has 0 aliphatic rings. The molecule has 8 nitrogen and oxygen atoms in total. The SMILES string of the molecule is CCC(NC(=O)[C@@H](N)CC(C)C)C(O)C(=O)N(Cc1ccccc1)Cc1cc(OC)cc(OC)c1. The van der Waals surface area contributed by atoms with Crippen molar-refractivity contribution in [1.29, 1.82) is 0 Å². The van der Waals surface area contributed by atoms with E-state index in [-0.39, 0.29) is 24.9 Å². The molecule has 0 spiro atoms. The molecule has 35 heavy (non-hydrogen) atoms. The summed E-state index contributed by atoms with van der Waals surface area (Å²) in [4.78, 5) is 27.7. The molecule has 2 rings (SSSR count). The summed E-state index contributed by atoms with van der Waals surface area (Å²) in [6.07, 6.45) is -0.532. The van der Waals surface area contributed by atoms with E-state index in [0.717, 1.165) is 11.1 Å². The van der Waals surface area contributed by atoms with E-state index in [1.165, 1.54) is 0 Å². The van der Waals surface area contributed by atoms with E-state index in [4.69, 9.17) is 15.2 Å². The zero-order valence-corrected chi connectivity index (χ0v) is 21.4. The van der Waals surface area contributed by atoms with Crippen LogP contribution in [0, 0.1) is 5.92 Å². The van der Waals surface area contributed by atoms with E-state index in [2.05, 4.69) is 5.32 Å². The van der Waals surface area contributed by atoms with E-state index >= 15 is 0 Å². The molecule has 0 aliphatic heterocycles. The van der Waals surface area contributed by atoms with Gasteiger partial charge in [-0.25, -0.2) is 0 Å². The summed E-state index contributed by atoms with van der Waals surface area (Å²) >= 11 is 0. The Kier molecular flexibility index (Phi) is 11.0. The molecule has 2 unspecified atom stereocenters. The van der Waals surface area contributed by atoms with Crippen LogP contribution >= 0.6 is 0 Å². The van der Waals surface area contributed by atoms with Gasteiger partial charge in [0.2, 0.25) is 5.91 Å². The lowest BCUT2D eigenvalue weighted by atomic mass is 10.0. The highest BCUT2D eigenvalue weighted by molar-refractivity contribution is 5.85. The van der Waals surface area contributed by atoms with Gasteiger partial charge in [0.05, 0.1) is 26.3 Å². The number of benzene rings is 2. The van der Waals surface area contributed by atoms with Crippen LogP contribution in [0.5, 0.6) is 11.5 Å². The van der Waals surface area contributed by atoms with Crippen LogP contribution in [-0.2, 0) is 22.7 Å². The van der Waals surface area contributed by atoms with Crippen LogP contribution in [0.15, 0.2) is 48.5 Å². The second-order valence-corrected chi connectivity index (χ2v) is 9.11. The number of rotatable bonds is 13. The van der Waals surface area contributed by atoms with Gasteiger partial charge < -0.3 is 30.5 Å². The first-order valence-electron chi connectivity index (χ1n) is 12.0. The molecule has 0 aliphatic carbocycles. The van der Waals surface area contributed by atoms with Gasteiger partial charge in [0.15, 0.2) is 6.10 Å². The van der Waals surface area contributed by atoms with Crippen molar-refractivity contribution in [3.05, 3.63) is 59.7 Å². The molecule has 2 aromatic rings. The summed E-state index contributed by atoms with van der Waals surface area (Å²) in [6, 6.07) is 13.5. The predicted octanol–water partition coefficient (Wildman–Crippen LogP) is 2.86. The number of carbonyl (C=O) groups is 2. The van der Waals surface area contributed by atoms with E-state index in [9.17, 15) is 14.7 Å². The highest BCUT2D eigenvalue weighted by Gasteiger charge is 2.31. The Bertz CT molecular complexity index is 929. The molecule has 0 saturated heterocycles. The maximum absolute atomic E-state index is 13.5. The van der Waals surface area contributed by atoms with Crippen molar-refractivity contribution in [2.45, 2.75) is 64.9 Å². The topological polar surface area (TPSA) is 114 Å². The molecule has 0 radical (unpaired) electrons. The highest BCUT2D eigenvalue weighted by atomic mass is 16.5. The van der Waals surface area contributed by atoms with Crippen molar-refractivity contribution in [3.8, 4) is 11.5 Å². The van der Waals surface area contributed by atoms with E-state index in [1.807, 2.05) is 63.2 Å². The second-order valence-electron chi connectivity index (χ2n) is 9.11. The lowest BCUT2D eigenvalue weighted by Gasteiger charge is -2.30. The van der Waals surface area contributed by atoms with Crippen LogP contribution in [0.4, 0.5) is 0 Å². The molecule has 2 aromatic carbocycles. The van der Waals surface area contributed by atoms with E-state index in [0.29, 0.717) is 24.3 Å². The first kappa shape index (κ1) is 28.1. The van der Waals surface area contributed by atoms with E-state index in [1.54, 1.807) is 25.2 Å². The highest BCUT2D eigenvalue weighted by Crippen LogP contribution is 2.24. The minimum Gasteiger partial charge on any atom is -0.497 e. The minimum absolute atomic E-state index is 0.218. The molecular formula is C27H39N3O5. The minimum atomic E-state index is -1.42. The molecule has 2 amide bonds. The smallest absolute Gasteiger partial charge is 0.254 e. The third-order valence-corrected chi connectivity index (χ3v) is 5.78. The van der Waals surface area contributed by atoms with Crippen LogP contribution in [0.2, 0.25) is 0 Å². The third kappa shape index (κ3) is 8.56. The summed E-state index contributed by atoms with van der Waals surface area (Å²) in [7, 11) is 3.13. The Hall–Kier alpha value is -3.10. The van der Waals surface area contributed by atoms with Crippen LogP contribution in [0.3, 0.4) is 0 Å².